The zero-order valence-electron chi connectivity index (χ0n) is 10.0. The normalized spacial score (nSPS) is 12.0. The molecule has 18 heavy (non-hydrogen) atoms. The van der Waals surface area contributed by atoms with E-state index in [0.29, 0.717) is 23.0 Å². The van der Waals surface area contributed by atoms with Crippen LogP contribution in [0.5, 0.6) is 0 Å². The summed E-state index contributed by atoms with van der Waals surface area (Å²) in [5, 5.41) is 13.9. The number of rotatable bonds is 5. The summed E-state index contributed by atoms with van der Waals surface area (Å²) in [4.78, 5) is 11.6. The van der Waals surface area contributed by atoms with Gasteiger partial charge in [0.05, 0.1) is 5.69 Å². The molecule has 6 heteroatoms. The van der Waals surface area contributed by atoms with Gasteiger partial charge in [-0.15, -0.1) is 0 Å². The van der Waals surface area contributed by atoms with Crippen LogP contribution in [0.25, 0.3) is 0 Å². The Hall–Kier alpha value is -1.14. The minimum Gasteiger partial charge on any atom is -0.396 e. The van der Waals surface area contributed by atoms with Crippen molar-refractivity contribution in [3.8, 4) is 0 Å². The molecule has 1 aromatic carbocycles. The number of halogens is 2. The van der Waals surface area contributed by atoms with Gasteiger partial charge >= 0.3 is 6.03 Å². The predicted molar refractivity (Wildman–Crippen MR) is 72.0 cm³/mol. The molecule has 0 heterocycles. The molecule has 0 aliphatic rings. The minimum atomic E-state index is -0.415. The number of amides is 2. The summed E-state index contributed by atoms with van der Waals surface area (Å²) in [7, 11) is 0. The van der Waals surface area contributed by atoms with E-state index in [1.807, 2.05) is 6.92 Å². The third kappa shape index (κ3) is 5.01. The van der Waals surface area contributed by atoms with Crippen molar-refractivity contribution in [1.29, 1.82) is 0 Å². The van der Waals surface area contributed by atoms with Crippen LogP contribution in [0.1, 0.15) is 19.8 Å². The number of nitrogens with one attached hydrogen (secondary N) is 2. The van der Waals surface area contributed by atoms with Crippen LogP contribution in [0, 0.1) is 5.82 Å². The van der Waals surface area contributed by atoms with Gasteiger partial charge in [0, 0.05) is 17.1 Å². The van der Waals surface area contributed by atoms with Crippen LogP contribution in [0.4, 0.5) is 14.9 Å². The fraction of sp³-hybridized carbons (Fsp3) is 0.417. The van der Waals surface area contributed by atoms with Crippen LogP contribution in [-0.2, 0) is 0 Å². The molecule has 0 fully saturated rings. The van der Waals surface area contributed by atoms with E-state index in [0.717, 1.165) is 0 Å². The second kappa shape index (κ2) is 7.33. The first kappa shape index (κ1) is 14.9. The second-order valence-electron chi connectivity index (χ2n) is 3.99. The number of anilines is 1. The van der Waals surface area contributed by atoms with Crippen LogP contribution in [0.2, 0.25) is 0 Å². The molecule has 0 aromatic heterocycles. The molecule has 0 bridgehead atoms. The number of aliphatic hydroxyl groups is 1. The molecule has 1 unspecified atom stereocenters. The van der Waals surface area contributed by atoms with Gasteiger partial charge in [0.1, 0.15) is 5.82 Å². The number of urea groups is 1. The number of carbonyl (C=O) groups is 1. The maximum Gasteiger partial charge on any atom is 0.319 e. The number of benzene rings is 1. The molecule has 4 nitrogen and oxygen atoms in total. The molecular formula is C12H16BrFN2O2. The summed E-state index contributed by atoms with van der Waals surface area (Å²) in [6, 6.07) is 3.62. The third-order valence-electron chi connectivity index (χ3n) is 2.35. The van der Waals surface area contributed by atoms with Gasteiger partial charge in [-0.1, -0.05) is 0 Å². The van der Waals surface area contributed by atoms with Crippen molar-refractivity contribution in [3.63, 3.8) is 0 Å². The highest BCUT2D eigenvalue weighted by Crippen LogP contribution is 2.22. The van der Waals surface area contributed by atoms with Crippen LogP contribution in [0.15, 0.2) is 22.7 Å². The van der Waals surface area contributed by atoms with Crippen molar-refractivity contribution in [2.24, 2.45) is 0 Å². The molecule has 0 spiro atoms. The standard InChI is InChI=1S/C12H16BrFN2O2/c1-8(3-2-6-17)15-12(18)16-11-7-9(14)4-5-10(11)13/h4-5,7-8,17H,2-3,6H2,1H3,(H2,15,16,18). The Morgan fingerprint density at radius 1 is 1.56 bits per heavy atom. The highest BCUT2D eigenvalue weighted by Gasteiger charge is 2.09. The first-order valence-electron chi connectivity index (χ1n) is 5.66. The van der Waals surface area contributed by atoms with Gasteiger partial charge in [0.25, 0.3) is 0 Å². The second-order valence-corrected chi connectivity index (χ2v) is 4.84. The molecule has 3 N–H and O–H groups in total. The summed E-state index contributed by atoms with van der Waals surface area (Å²) in [6.45, 7) is 1.94. The lowest BCUT2D eigenvalue weighted by Gasteiger charge is -2.14. The van der Waals surface area contributed by atoms with Gasteiger partial charge in [-0.05, 0) is 53.9 Å². The molecule has 0 aliphatic heterocycles. The number of aliphatic hydroxyl groups excluding tert-OH is 1. The molecule has 1 rings (SSSR count). The minimum absolute atomic E-state index is 0.0514. The Bertz CT molecular complexity index is 415. The average Bonchev–Trinajstić information content (AvgIpc) is 2.31. The fourth-order valence-electron chi connectivity index (χ4n) is 1.45. The summed E-state index contributed by atoms with van der Waals surface area (Å²) in [5.41, 5.74) is 0.377. The molecule has 0 saturated carbocycles. The summed E-state index contributed by atoms with van der Waals surface area (Å²) < 4.78 is 13.6. The first-order valence-corrected chi connectivity index (χ1v) is 6.45. The summed E-state index contributed by atoms with van der Waals surface area (Å²) >= 11 is 3.22. The number of hydrogen-bond acceptors (Lipinski definition) is 2. The van der Waals surface area contributed by atoms with E-state index in [1.165, 1.54) is 18.2 Å². The van der Waals surface area contributed by atoms with Crippen LogP contribution in [0.3, 0.4) is 0 Å². The molecule has 2 amide bonds. The van der Waals surface area contributed by atoms with Gasteiger partial charge < -0.3 is 15.7 Å². The zero-order valence-corrected chi connectivity index (χ0v) is 11.6. The van der Waals surface area contributed by atoms with Gasteiger partial charge in [-0.25, -0.2) is 9.18 Å². The Morgan fingerprint density at radius 2 is 2.28 bits per heavy atom. The highest BCUT2D eigenvalue weighted by molar-refractivity contribution is 9.10. The largest absolute Gasteiger partial charge is 0.396 e. The molecule has 100 valence electrons. The quantitative estimate of drug-likeness (QED) is 0.781. The van der Waals surface area contributed by atoms with E-state index in [1.54, 1.807) is 0 Å². The van der Waals surface area contributed by atoms with E-state index in [4.69, 9.17) is 5.11 Å². The molecule has 0 saturated heterocycles. The first-order chi connectivity index (χ1) is 8.52. The highest BCUT2D eigenvalue weighted by atomic mass is 79.9. The Morgan fingerprint density at radius 3 is 2.94 bits per heavy atom. The van der Waals surface area contributed by atoms with Crippen LogP contribution in [-0.4, -0.2) is 23.8 Å². The van der Waals surface area contributed by atoms with Crippen molar-refractivity contribution in [1.82, 2.24) is 5.32 Å². The number of carbonyl (C=O) groups excluding carboxylic acids is 1. The molecule has 0 radical (unpaired) electrons. The fourth-order valence-corrected chi connectivity index (χ4v) is 1.79. The molecule has 0 aliphatic carbocycles. The van der Waals surface area contributed by atoms with E-state index in [-0.39, 0.29) is 12.6 Å². The Kier molecular flexibility index (Phi) is 6.07. The van der Waals surface area contributed by atoms with Crippen molar-refractivity contribution in [2.75, 3.05) is 11.9 Å². The van der Waals surface area contributed by atoms with Gasteiger partial charge in [0.15, 0.2) is 0 Å². The summed E-state index contributed by atoms with van der Waals surface area (Å²) in [6.07, 6.45) is 1.32. The lowest BCUT2D eigenvalue weighted by Crippen LogP contribution is -2.36. The van der Waals surface area contributed by atoms with Crippen molar-refractivity contribution < 1.29 is 14.3 Å². The monoisotopic (exact) mass is 318 g/mol. The topological polar surface area (TPSA) is 61.4 Å². The van der Waals surface area contributed by atoms with E-state index >= 15 is 0 Å². The van der Waals surface area contributed by atoms with Gasteiger partial charge in [-0.3, -0.25) is 0 Å². The van der Waals surface area contributed by atoms with E-state index in [2.05, 4.69) is 26.6 Å². The smallest absolute Gasteiger partial charge is 0.319 e. The van der Waals surface area contributed by atoms with Crippen LogP contribution < -0.4 is 10.6 Å². The Balaban J connectivity index is 2.51. The predicted octanol–water partition coefficient (Wildman–Crippen LogP) is 2.87. The number of hydrogen-bond donors (Lipinski definition) is 3. The molecular weight excluding hydrogens is 303 g/mol. The molecule has 1 aromatic rings. The maximum atomic E-state index is 13.0. The third-order valence-corrected chi connectivity index (χ3v) is 3.04. The van der Waals surface area contributed by atoms with Gasteiger partial charge in [0.2, 0.25) is 0 Å². The maximum absolute atomic E-state index is 13.0. The lowest BCUT2D eigenvalue weighted by molar-refractivity contribution is 0.245. The Labute approximate surface area is 114 Å². The average molecular weight is 319 g/mol. The summed E-state index contributed by atoms with van der Waals surface area (Å²) in [5.74, 6) is -0.415. The van der Waals surface area contributed by atoms with Crippen molar-refractivity contribution in [3.05, 3.63) is 28.5 Å². The van der Waals surface area contributed by atoms with Crippen LogP contribution >= 0.6 is 15.9 Å². The zero-order chi connectivity index (χ0) is 13.5. The molecule has 1 atom stereocenters. The SMILES string of the molecule is CC(CCCO)NC(=O)Nc1cc(F)ccc1Br. The van der Waals surface area contributed by atoms with E-state index in [9.17, 15) is 9.18 Å². The lowest BCUT2D eigenvalue weighted by atomic mass is 10.2. The van der Waals surface area contributed by atoms with Crippen molar-refractivity contribution in [2.45, 2.75) is 25.8 Å². The van der Waals surface area contributed by atoms with Crippen molar-refractivity contribution >= 4 is 27.6 Å². The van der Waals surface area contributed by atoms with Gasteiger partial charge in [-0.2, -0.15) is 0 Å². The van der Waals surface area contributed by atoms with E-state index < -0.39 is 11.8 Å².